The van der Waals surface area contributed by atoms with Crippen LogP contribution in [0, 0.1) is 17.1 Å². The maximum atomic E-state index is 16.0. The Morgan fingerprint density at radius 1 is 1.08 bits per heavy atom. The van der Waals surface area contributed by atoms with Gasteiger partial charge in [-0.05, 0) is 68.5 Å². The lowest BCUT2D eigenvalue weighted by atomic mass is 9.98. The Labute approximate surface area is 291 Å². The Kier molecular flexibility index (Phi) is 9.23. The molecule has 6 rings (SSSR count). The van der Waals surface area contributed by atoms with Gasteiger partial charge in [0.2, 0.25) is 5.88 Å². The van der Waals surface area contributed by atoms with Crippen LogP contribution in [0.4, 0.5) is 24.5 Å². The minimum atomic E-state index is -3.33. The van der Waals surface area contributed by atoms with Crippen LogP contribution in [0.2, 0.25) is 0 Å². The van der Waals surface area contributed by atoms with Gasteiger partial charge in [-0.25, -0.2) is 22.9 Å². The molecule has 10 nitrogen and oxygen atoms in total. The summed E-state index contributed by atoms with van der Waals surface area (Å²) in [5.74, 6) is -4.89. The highest BCUT2D eigenvalue weighted by molar-refractivity contribution is 7.81. The van der Waals surface area contributed by atoms with Crippen LogP contribution in [-0.2, 0) is 26.6 Å². The Morgan fingerprint density at radius 3 is 2.48 bits per heavy atom. The number of aromatic nitrogens is 2. The Bertz CT molecular complexity index is 2060. The largest absolute Gasteiger partial charge is 0.467 e. The summed E-state index contributed by atoms with van der Waals surface area (Å²) in [5, 5.41) is 9.55. The molecule has 0 spiro atoms. The molecular weight excluding hydrogens is 671 g/mol. The molecule has 1 aromatic heterocycles. The maximum absolute atomic E-state index is 16.0. The predicted octanol–water partition coefficient (Wildman–Crippen LogP) is 6.62. The fourth-order valence-electron chi connectivity index (χ4n) is 5.95. The van der Waals surface area contributed by atoms with Crippen molar-refractivity contribution in [3.63, 3.8) is 0 Å². The molecule has 2 atom stereocenters. The molecule has 4 aromatic rings. The smallest absolute Gasteiger partial charge is 0.338 e. The molecule has 2 fully saturated rings. The van der Waals surface area contributed by atoms with E-state index in [1.807, 2.05) is 0 Å². The van der Waals surface area contributed by atoms with E-state index in [-0.39, 0.29) is 52.0 Å². The monoisotopic (exact) mass is 703 g/mol. The average molecular weight is 704 g/mol. The lowest BCUT2D eigenvalue weighted by molar-refractivity contribution is -0.120. The number of carbonyl (C=O) groups excluding carboxylic acids is 2. The molecule has 258 valence electrons. The van der Waals surface area contributed by atoms with E-state index in [9.17, 15) is 23.6 Å². The Balaban J connectivity index is 1.38. The van der Waals surface area contributed by atoms with Gasteiger partial charge in [0, 0.05) is 24.1 Å². The van der Waals surface area contributed by atoms with E-state index in [0.29, 0.717) is 17.8 Å². The molecule has 50 heavy (non-hydrogen) atoms. The number of rotatable bonds is 9. The first-order chi connectivity index (χ1) is 23.8. The first-order valence-electron chi connectivity index (χ1n) is 15.9. The lowest BCUT2D eigenvalue weighted by Crippen LogP contribution is -2.44. The molecule has 2 aliphatic rings. The number of hydrogen-bond donors (Lipinski definition) is 0. The second-order valence-corrected chi connectivity index (χ2v) is 12.7. The molecule has 0 unspecified atom stereocenters. The van der Waals surface area contributed by atoms with E-state index >= 15 is 4.39 Å². The van der Waals surface area contributed by atoms with Crippen LogP contribution in [0.3, 0.4) is 0 Å². The van der Waals surface area contributed by atoms with E-state index in [1.54, 1.807) is 57.2 Å². The number of alkyl halides is 2. The Morgan fingerprint density at radius 2 is 1.80 bits per heavy atom. The average Bonchev–Trinajstić information content (AvgIpc) is 3.61. The highest BCUT2D eigenvalue weighted by Gasteiger charge is 2.51. The molecule has 2 saturated heterocycles. The molecular formula is C36H32F3N5O5S. The third-order valence-electron chi connectivity index (χ3n) is 8.72. The number of nitriles is 1. The summed E-state index contributed by atoms with van der Waals surface area (Å²) in [6, 6.07) is 16.6. The number of thiocarbonyl (C=S) groups is 1. The van der Waals surface area contributed by atoms with Gasteiger partial charge in [-0.3, -0.25) is 9.69 Å². The number of ether oxygens (including phenoxy) is 3. The van der Waals surface area contributed by atoms with Gasteiger partial charge >= 0.3 is 5.97 Å². The van der Waals surface area contributed by atoms with Crippen LogP contribution in [0.5, 0.6) is 5.88 Å². The van der Waals surface area contributed by atoms with Crippen molar-refractivity contribution in [2.75, 3.05) is 23.0 Å². The second-order valence-electron chi connectivity index (χ2n) is 12.3. The number of fused-ring (bicyclic) bond motifs is 1. The Hall–Kier alpha value is -5.13. The van der Waals surface area contributed by atoms with Crippen molar-refractivity contribution in [1.29, 1.82) is 5.26 Å². The van der Waals surface area contributed by atoms with Crippen LogP contribution in [-0.4, -0.2) is 57.9 Å². The number of aryl methyl sites for hydroxylation is 1. The van der Waals surface area contributed by atoms with Crippen molar-refractivity contribution in [1.82, 2.24) is 9.97 Å². The van der Waals surface area contributed by atoms with Crippen molar-refractivity contribution >= 4 is 51.5 Å². The van der Waals surface area contributed by atoms with Crippen molar-refractivity contribution in [2.45, 2.75) is 64.2 Å². The zero-order chi connectivity index (χ0) is 36.0. The number of hydrogen-bond acceptors (Lipinski definition) is 9. The van der Waals surface area contributed by atoms with Crippen molar-refractivity contribution in [2.24, 2.45) is 0 Å². The lowest BCUT2D eigenvalue weighted by Gasteiger charge is -2.30. The number of esters is 1. The van der Waals surface area contributed by atoms with Gasteiger partial charge in [-0.2, -0.15) is 10.2 Å². The summed E-state index contributed by atoms with van der Waals surface area (Å²) < 4.78 is 63.4. The molecule has 0 N–H and O–H groups in total. The van der Waals surface area contributed by atoms with Crippen LogP contribution < -0.4 is 14.5 Å². The minimum absolute atomic E-state index is 0.00787. The molecule has 0 saturated carbocycles. The van der Waals surface area contributed by atoms with Gasteiger partial charge in [0.05, 0.1) is 41.5 Å². The zero-order valence-electron chi connectivity index (χ0n) is 27.6. The van der Waals surface area contributed by atoms with Crippen LogP contribution in [0.25, 0.3) is 10.9 Å². The highest BCUT2D eigenvalue weighted by Crippen LogP contribution is 2.42. The number of carbonyl (C=O) groups is 2. The van der Waals surface area contributed by atoms with E-state index in [2.05, 4.69) is 9.97 Å². The quantitative estimate of drug-likeness (QED) is 0.139. The first kappa shape index (κ1) is 34.7. The summed E-state index contributed by atoms with van der Waals surface area (Å²) in [4.78, 5) is 38.1. The van der Waals surface area contributed by atoms with Gasteiger partial charge in [-0.1, -0.05) is 32.0 Å². The molecule has 0 bridgehead atoms. The fraction of sp³-hybridized carbons (Fsp3) is 0.333. The normalized spacial score (nSPS) is 18.8. The summed E-state index contributed by atoms with van der Waals surface area (Å²) in [6.45, 7) is 6.38. The van der Waals surface area contributed by atoms with Crippen molar-refractivity contribution in [3.05, 3.63) is 89.0 Å². The molecule has 3 aromatic carbocycles. The van der Waals surface area contributed by atoms with Gasteiger partial charge in [-0.15, -0.1) is 0 Å². The van der Waals surface area contributed by atoms with Gasteiger partial charge < -0.3 is 19.1 Å². The third-order valence-corrected chi connectivity index (χ3v) is 9.09. The SMILES string of the molecule is CCc1nc(O[C@@H]2COC[C@H]2OC(=O)c2ccccc2)c2cc(N3C(=S)N(c4ccc(C#N)c(C(F)(F)CC)c4)C(=O)C3(C)C)cc(F)c2n1. The summed E-state index contributed by atoms with van der Waals surface area (Å²) in [6.07, 6.45) is -1.78. The standard InChI is InChI=1S/C36H32F3N5O5S/c1-5-29-41-30-24(31(42-29)48-27-18-47-19-28(27)49-32(45)20-10-8-7-9-11-20)14-23(16-26(30)37)44-34(50)43(33(46)35(44,3)4)22-13-12-21(17-40)25(15-22)36(38,39)6-2/h7-16,27-28H,5-6,18-19H2,1-4H3/t27-,28-/m1/s1. The fourth-order valence-corrected chi connectivity index (χ4v) is 6.47. The molecule has 2 aliphatic heterocycles. The van der Waals surface area contributed by atoms with E-state index in [1.165, 1.54) is 36.1 Å². The molecule has 14 heteroatoms. The van der Waals surface area contributed by atoms with E-state index in [0.717, 1.165) is 11.0 Å². The first-order valence-corrected chi connectivity index (χ1v) is 16.3. The van der Waals surface area contributed by atoms with Gasteiger partial charge in [0.25, 0.3) is 11.8 Å². The van der Waals surface area contributed by atoms with Crippen molar-refractivity contribution in [3.8, 4) is 11.9 Å². The molecule has 3 heterocycles. The summed E-state index contributed by atoms with van der Waals surface area (Å²) in [5.41, 5.74) is -1.66. The van der Waals surface area contributed by atoms with Crippen molar-refractivity contribution < 1.29 is 37.0 Å². The number of benzene rings is 3. The van der Waals surface area contributed by atoms with Crippen LogP contribution in [0.15, 0.2) is 60.7 Å². The highest BCUT2D eigenvalue weighted by atomic mass is 32.1. The summed E-state index contributed by atoms with van der Waals surface area (Å²) >= 11 is 5.76. The maximum Gasteiger partial charge on any atom is 0.338 e. The van der Waals surface area contributed by atoms with E-state index < -0.39 is 53.3 Å². The zero-order valence-corrected chi connectivity index (χ0v) is 28.4. The molecule has 1 amide bonds. The number of amides is 1. The summed E-state index contributed by atoms with van der Waals surface area (Å²) in [7, 11) is 0. The molecule has 0 aliphatic carbocycles. The second kappa shape index (κ2) is 13.3. The minimum Gasteiger partial charge on any atom is -0.467 e. The van der Waals surface area contributed by atoms with Crippen LogP contribution in [0.1, 0.15) is 61.4 Å². The van der Waals surface area contributed by atoms with Gasteiger partial charge in [0.1, 0.15) is 16.9 Å². The molecule has 0 radical (unpaired) electrons. The van der Waals surface area contributed by atoms with Gasteiger partial charge in [0.15, 0.2) is 23.1 Å². The number of nitrogens with zero attached hydrogens (tertiary/aromatic N) is 5. The van der Waals surface area contributed by atoms with Crippen LogP contribution >= 0.6 is 12.2 Å². The topological polar surface area (TPSA) is 118 Å². The number of anilines is 2. The van der Waals surface area contributed by atoms with E-state index in [4.69, 9.17) is 26.4 Å². The number of halogens is 3. The third kappa shape index (κ3) is 6.11. The predicted molar refractivity (Wildman–Crippen MR) is 182 cm³/mol.